The van der Waals surface area contributed by atoms with Crippen LogP contribution in [0.3, 0.4) is 0 Å². The van der Waals surface area contributed by atoms with Gasteiger partial charge in [-0.25, -0.2) is 0 Å². The predicted octanol–water partition coefficient (Wildman–Crippen LogP) is 1.52. The molecule has 1 aliphatic heterocycles. The van der Waals surface area contributed by atoms with E-state index < -0.39 is 0 Å². The summed E-state index contributed by atoms with van der Waals surface area (Å²) in [5.74, 6) is -0.162. The lowest BCUT2D eigenvalue weighted by Crippen LogP contribution is -2.36. The van der Waals surface area contributed by atoms with E-state index in [1.54, 1.807) is 4.68 Å². The number of aryl methyl sites for hydroxylation is 2. The van der Waals surface area contributed by atoms with E-state index in [2.05, 4.69) is 10.00 Å². The van der Waals surface area contributed by atoms with Crippen molar-refractivity contribution < 1.29 is 9.53 Å². The van der Waals surface area contributed by atoms with Crippen LogP contribution < -0.4 is 0 Å². The molecule has 1 aromatic heterocycles. The summed E-state index contributed by atoms with van der Waals surface area (Å²) in [7, 11) is 3.25. The molecule has 100 valence electrons. The molecular weight excluding hydrogens is 254 g/mol. The number of likely N-dealkylation sites (tertiary alicyclic amines) is 1. The van der Waals surface area contributed by atoms with Crippen LogP contribution in [0.2, 0.25) is 5.15 Å². The van der Waals surface area contributed by atoms with E-state index >= 15 is 0 Å². The van der Waals surface area contributed by atoms with E-state index in [0.717, 1.165) is 30.6 Å². The van der Waals surface area contributed by atoms with E-state index in [0.29, 0.717) is 11.7 Å². The summed E-state index contributed by atoms with van der Waals surface area (Å²) < 4.78 is 6.50. The van der Waals surface area contributed by atoms with Crippen molar-refractivity contribution >= 4 is 17.6 Å². The summed E-state index contributed by atoms with van der Waals surface area (Å²) in [6, 6.07) is -0.148. The molecule has 18 heavy (non-hydrogen) atoms. The predicted molar refractivity (Wildman–Crippen MR) is 68.4 cm³/mol. The summed E-state index contributed by atoms with van der Waals surface area (Å²) in [5.41, 5.74) is 1.91. The van der Waals surface area contributed by atoms with Crippen LogP contribution in [-0.2, 0) is 23.1 Å². The van der Waals surface area contributed by atoms with Crippen LogP contribution in [0.4, 0.5) is 0 Å². The minimum absolute atomic E-state index is 0.148. The lowest BCUT2D eigenvalue weighted by Gasteiger charge is -2.22. The molecule has 1 atom stereocenters. The number of nitrogens with zero attached hydrogens (tertiary/aromatic N) is 3. The van der Waals surface area contributed by atoms with Gasteiger partial charge in [0.05, 0.1) is 12.8 Å². The Labute approximate surface area is 112 Å². The van der Waals surface area contributed by atoms with Gasteiger partial charge in [0.2, 0.25) is 0 Å². The molecule has 0 aromatic carbocycles. The van der Waals surface area contributed by atoms with Crippen LogP contribution in [0.1, 0.15) is 24.1 Å². The Hall–Kier alpha value is -1.07. The molecule has 1 unspecified atom stereocenters. The summed E-state index contributed by atoms with van der Waals surface area (Å²) in [5, 5.41) is 4.93. The quantitative estimate of drug-likeness (QED) is 0.782. The molecule has 6 heteroatoms. The van der Waals surface area contributed by atoms with Crippen LogP contribution in [0.25, 0.3) is 0 Å². The van der Waals surface area contributed by atoms with Crippen molar-refractivity contribution in [3.8, 4) is 0 Å². The standard InChI is InChI=1S/C12H18ClN3O2/c1-8-9(11(13)15(2)14-8)7-16-6-4-5-10(16)12(17)18-3/h10H,4-7H2,1-3H3. The molecule has 0 amide bonds. The molecule has 2 heterocycles. The Morgan fingerprint density at radius 2 is 2.33 bits per heavy atom. The van der Waals surface area contributed by atoms with E-state index in [9.17, 15) is 4.79 Å². The highest BCUT2D eigenvalue weighted by Gasteiger charge is 2.32. The number of carbonyl (C=O) groups is 1. The molecule has 2 rings (SSSR count). The molecule has 1 fully saturated rings. The van der Waals surface area contributed by atoms with Crippen molar-refractivity contribution in [2.75, 3.05) is 13.7 Å². The molecule has 5 nitrogen and oxygen atoms in total. The SMILES string of the molecule is COC(=O)C1CCCN1Cc1c(C)nn(C)c1Cl. The maximum atomic E-state index is 11.7. The molecule has 0 N–H and O–H groups in total. The number of esters is 1. The van der Waals surface area contributed by atoms with Crippen molar-refractivity contribution in [2.24, 2.45) is 7.05 Å². The van der Waals surface area contributed by atoms with Gasteiger partial charge in [0.1, 0.15) is 11.2 Å². The normalized spacial score (nSPS) is 20.3. The maximum Gasteiger partial charge on any atom is 0.323 e. The summed E-state index contributed by atoms with van der Waals surface area (Å²) in [6.45, 7) is 3.48. The number of hydrogen-bond acceptors (Lipinski definition) is 4. The fraction of sp³-hybridized carbons (Fsp3) is 0.667. The number of rotatable bonds is 3. The zero-order valence-electron chi connectivity index (χ0n) is 10.9. The first-order chi connectivity index (χ1) is 8.54. The second-order valence-corrected chi connectivity index (χ2v) is 4.99. The van der Waals surface area contributed by atoms with Crippen LogP contribution in [0.5, 0.6) is 0 Å². The smallest absolute Gasteiger partial charge is 0.323 e. The Morgan fingerprint density at radius 1 is 1.61 bits per heavy atom. The van der Waals surface area contributed by atoms with Gasteiger partial charge in [-0.1, -0.05) is 11.6 Å². The highest BCUT2D eigenvalue weighted by atomic mass is 35.5. The first-order valence-electron chi connectivity index (χ1n) is 6.04. The Morgan fingerprint density at radius 3 is 2.89 bits per heavy atom. The van der Waals surface area contributed by atoms with Crippen LogP contribution >= 0.6 is 11.6 Å². The molecule has 0 aliphatic carbocycles. The minimum atomic E-state index is -0.162. The molecule has 0 spiro atoms. The Kier molecular flexibility index (Phi) is 3.92. The van der Waals surface area contributed by atoms with Gasteiger partial charge in [-0.15, -0.1) is 0 Å². The zero-order valence-corrected chi connectivity index (χ0v) is 11.7. The number of ether oxygens (including phenoxy) is 1. The third-order valence-electron chi connectivity index (χ3n) is 3.47. The average molecular weight is 272 g/mol. The van der Waals surface area contributed by atoms with Gasteiger partial charge in [-0.3, -0.25) is 14.4 Å². The van der Waals surface area contributed by atoms with Crippen LogP contribution in [0.15, 0.2) is 0 Å². The lowest BCUT2D eigenvalue weighted by atomic mass is 10.2. The van der Waals surface area contributed by atoms with Gasteiger partial charge in [0.15, 0.2) is 0 Å². The van der Waals surface area contributed by atoms with E-state index in [1.165, 1.54) is 7.11 Å². The molecule has 1 saturated heterocycles. The lowest BCUT2D eigenvalue weighted by molar-refractivity contribution is -0.146. The van der Waals surface area contributed by atoms with E-state index in [4.69, 9.17) is 16.3 Å². The van der Waals surface area contributed by atoms with Crippen molar-refractivity contribution in [3.05, 3.63) is 16.4 Å². The maximum absolute atomic E-state index is 11.7. The second kappa shape index (κ2) is 5.28. The largest absolute Gasteiger partial charge is 0.468 e. The number of hydrogen-bond donors (Lipinski definition) is 0. The van der Waals surface area contributed by atoms with Crippen LogP contribution in [-0.4, -0.2) is 40.3 Å². The monoisotopic (exact) mass is 271 g/mol. The van der Waals surface area contributed by atoms with Gasteiger partial charge >= 0.3 is 5.97 Å². The zero-order chi connectivity index (χ0) is 13.3. The third-order valence-corrected chi connectivity index (χ3v) is 3.94. The van der Waals surface area contributed by atoms with Gasteiger partial charge in [-0.2, -0.15) is 5.10 Å². The highest BCUT2D eigenvalue weighted by Crippen LogP contribution is 2.26. The van der Waals surface area contributed by atoms with Crippen LogP contribution in [0, 0.1) is 6.92 Å². The third kappa shape index (κ3) is 2.37. The van der Waals surface area contributed by atoms with Gasteiger partial charge < -0.3 is 4.74 Å². The van der Waals surface area contributed by atoms with Crippen molar-refractivity contribution in [2.45, 2.75) is 32.4 Å². The number of methoxy groups -OCH3 is 1. The topological polar surface area (TPSA) is 47.4 Å². The number of halogens is 1. The first kappa shape index (κ1) is 13.4. The number of carbonyl (C=O) groups excluding carboxylic acids is 1. The molecule has 0 radical (unpaired) electrons. The fourth-order valence-corrected chi connectivity index (χ4v) is 2.71. The molecule has 1 aromatic rings. The average Bonchev–Trinajstić information content (AvgIpc) is 2.89. The highest BCUT2D eigenvalue weighted by molar-refractivity contribution is 6.30. The summed E-state index contributed by atoms with van der Waals surface area (Å²) in [6.07, 6.45) is 1.86. The Bertz CT molecular complexity index is 458. The summed E-state index contributed by atoms with van der Waals surface area (Å²) >= 11 is 6.21. The minimum Gasteiger partial charge on any atom is -0.468 e. The summed E-state index contributed by atoms with van der Waals surface area (Å²) in [4.78, 5) is 13.8. The molecule has 1 aliphatic rings. The van der Waals surface area contributed by atoms with Gasteiger partial charge in [0.25, 0.3) is 0 Å². The van der Waals surface area contributed by atoms with E-state index in [1.807, 2.05) is 14.0 Å². The van der Waals surface area contributed by atoms with Crippen molar-refractivity contribution in [3.63, 3.8) is 0 Å². The van der Waals surface area contributed by atoms with Crippen molar-refractivity contribution in [1.82, 2.24) is 14.7 Å². The fourth-order valence-electron chi connectivity index (χ4n) is 2.47. The van der Waals surface area contributed by atoms with Gasteiger partial charge in [-0.05, 0) is 26.3 Å². The number of aromatic nitrogens is 2. The van der Waals surface area contributed by atoms with Gasteiger partial charge in [0, 0.05) is 19.2 Å². The first-order valence-corrected chi connectivity index (χ1v) is 6.42. The molecular formula is C12H18ClN3O2. The molecule has 0 bridgehead atoms. The van der Waals surface area contributed by atoms with E-state index in [-0.39, 0.29) is 12.0 Å². The van der Waals surface area contributed by atoms with Crippen molar-refractivity contribution in [1.29, 1.82) is 0 Å². The Balaban J connectivity index is 2.15. The molecule has 0 saturated carbocycles. The second-order valence-electron chi connectivity index (χ2n) is 4.63.